The van der Waals surface area contributed by atoms with Crippen molar-refractivity contribution in [3.05, 3.63) is 0 Å². The molecule has 0 saturated carbocycles. The third-order valence-corrected chi connectivity index (χ3v) is 2.09. The summed E-state index contributed by atoms with van der Waals surface area (Å²) in [6.07, 6.45) is 0. The highest BCUT2D eigenvalue weighted by Crippen LogP contribution is 2.02. The van der Waals surface area contributed by atoms with Crippen LogP contribution in [0, 0.1) is 0 Å². The molecule has 2 N–H and O–H groups in total. The third kappa shape index (κ3) is 4.29. The normalized spacial score (nSPS) is 13.1. The van der Waals surface area contributed by atoms with Crippen LogP contribution in [0.4, 0.5) is 0 Å². The number of ether oxygens (including phenoxy) is 1. The predicted molar refractivity (Wildman–Crippen MR) is 57.4 cm³/mol. The van der Waals surface area contributed by atoms with Crippen molar-refractivity contribution in [3.8, 4) is 0 Å². The fraction of sp³-hybridized carbons (Fsp3) is 0.800. The summed E-state index contributed by atoms with van der Waals surface area (Å²) < 4.78 is 4.51. The summed E-state index contributed by atoms with van der Waals surface area (Å²) in [6, 6.07) is -0.625. The molecule has 0 saturated heterocycles. The van der Waals surface area contributed by atoms with Crippen LogP contribution in [0.15, 0.2) is 0 Å². The van der Waals surface area contributed by atoms with Crippen molar-refractivity contribution in [3.63, 3.8) is 0 Å². The van der Waals surface area contributed by atoms with Gasteiger partial charge in [0.15, 0.2) is 0 Å². The Balaban J connectivity index is 4.29. The van der Waals surface area contributed by atoms with E-state index in [1.807, 2.05) is 6.92 Å². The molecule has 0 unspecified atom stereocenters. The molecule has 0 radical (unpaired) electrons. The number of likely N-dealkylation sites (N-methyl/N-ethyl adjacent to an activating group) is 1. The lowest BCUT2D eigenvalue weighted by molar-refractivity contribution is -0.145. The van der Waals surface area contributed by atoms with Gasteiger partial charge in [-0.1, -0.05) is 6.92 Å². The Kier molecular flexibility index (Phi) is 5.28. The van der Waals surface area contributed by atoms with Crippen LogP contribution >= 0.6 is 0 Å². The lowest BCUT2D eigenvalue weighted by Crippen LogP contribution is -2.55. The van der Waals surface area contributed by atoms with Crippen LogP contribution in [0.3, 0.4) is 0 Å². The number of esters is 1. The van der Waals surface area contributed by atoms with E-state index in [9.17, 15) is 9.59 Å². The number of amides is 1. The Morgan fingerprint density at radius 2 is 1.93 bits per heavy atom. The Hall–Kier alpha value is -1.10. The van der Waals surface area contributed by atoms with E-state index in [1.54, 1.807) is 20.8 Å². The van der Waals surface area contributed by atoms with Gasteiger partial charge in [0.1, 0.15) is 6.04 Å². The summed E-state index contributed by atoms with van der Waals surface area (Å²) in [5.41, 5.74) is -0.684. The molecule has 0 aromatic carbocycles. The van der Waals surface area contributed by atoms with E-state index in [0.717, 1.165) is 0 Å². The highest BCUT2D eigenvalue weighted by molar-refractivity contribution is 5.89. The van der Waals surface area contributed by atoms with Crippen molar-refractivity contribution in [2.45, 2.75) is 39.3 Å². The summed E-state index contributed by atoms with van der Waals surface area (Å²) in [6.45, 7) is 7.71. The molecule has 0 fully saturated rings. The van der Waals surface area contributed by atoms with Gasteiger partial charge in [-0.2, -0.15) is 0 Å². The predicted octanol–water partition coefficient (Wildman–Crippen LogP) is 0.0522. The Morgan fingerprint density at radius 1 is 1.40 bits per heavy atom. The van der Waals surface area contributed by atoms with Crippen LogP contribution in [0.25, 0.3) is 0 Å². The zero-order valence-corrected chi connectivity index (χ0v) is 10.0. The average molecular weight is 216 g/mol. The van der Waals surface area contributed by atoms with Crippen molar-refractivity contribution in [2.24, 2.45) is 0 Å². The molecule has 0 aliphatic rings. The van der Waals surface area contributed by atoms with Crippen molar-refractivity contribution in [2.75, 3.05) is 13.7 Å². The molecular formula is C10H20N2O3. The van der Waals surface area contributed by atoms with Gasteiger partial charge in [0.2, 0.25) is 5.91 Å². The van der Waals surface area contributed by atoms with E-state index < -0.39 is 17.6 Å². The van der Waals surface area contributed by atoms with E-state index in [2.05, 4.69) is 15.4 Å². The molecule has 1 amide bonds. The van der Waals surface area contributed by atoms with Crippen LogP contribution in [-0.2, 0) is 14.3 Å². The first-order valence-corrected chi connectivity index (χ1v) is 4.99. The molecular weight excluding hydrogens is 196 g/mol. The Morgan fingerprint density at radius 3 is 2.33 bits per heavy atom. The second-order valence-electron chi connectivity index (χ2n) is 3.87. The van der Waals surface area contributed by atoms with Gasteiger partial charge in [-0.05, 0) is 27.3 Å². The first-order chi connectivity index (χ1) is 6.85. The highest BCUT2D eigenvalue weighted by atomic mass is 16.5. The zero-order chi connectivity index (χ0) is 12.1. The van der Waals surface area contributed by atoms with E-state index in [0.29, 0.717) is 6.54 Å². The molecule has 1 atom stereocenters. The molecule has 5 nitrogen and oxygen atoms in total. The zero-order valence-electron chi connectivity index (χ0n) is 10.0. The number of rotatable bonds is 5. The molecule has 0 heterocycles. The quantitative estimate of drug-likeness (QED) is 0.637. The molecule has 15 heavy (non-hydrogen) atoms. The van der Waals surface area contributed by atoms with E-state index in [1.165, 1.54) is 7.11 Å². The number of methoxy groups -OCH3 is 1. The molecule has 0 rings (SSSR count). The van der Waals surface area contributed by atoms with Gasteiger partial charge >= 0.3 is 5.97 Å². The van der Waals surface area contributed by atoms with Gasteiger partial charge in [-0.25, -0.2) is 4.79 Å². The molecule has 88 valence electrons. The first-order valence-electron chi connectivity index (χ1n) is 4.99. The smallest absolute Gasteiger partial charge is 0.328 e. The molecule has 0 bridgehead atoms. The lowest BCUT2D eigenvalue weighted by Gasteiger charge is -2.25. The summed E-state index contributed by atoms with van der Waals surface area (Å²) >= 11 is 0. The Bertz CT molecular complexity index is 239. The summed E-state index contributed by atoms with van der Waals surface area (Å²) in [7, 11) is 1.29. The maximum Gasteiger partial charge on any atom is 0.328 e. The minimum atomic E-state index is -0.684. The minimum Gasteiger partial charge on any atom is -0.467 e. The topological polar surface area (TPSA) is 67.4 Å². The fourth-order valence-electron chi connectivity index (χ4n) is 1.13. The van der Waals surface area contributed by atoms with Crippen molar-refractivity contribution in [1.29, 1.82) is 0 Å². The third-order valence-electron chi connectivity index (χ3n) is 2.09. The molecule has 0 spiro atoms. The van der Waals surface area contributed by atoms with Gasteiger partial charge in [0.05, 0.1) is 12.6 Å². The average Bonchev–Trinajstić information content (AvgIpc) is 2.16. The summed E-state index contributed by atoms with van der Waals surface area (Å²) in [4.78, 5) is 22.8. The van der Waals surface area contributed by atoms with Gasteiger partial charge in [-0.3, -0.25) is 4.79 Å². The van der Waals surface area contributed by atoms with Crippen molar-refractivity contribution in [1.82, 2.24) is 10.6 Å². The van der Waals surface area contributed by atoms with Crippen LogP contribution in [-0.4, -0.2) is 37.1 Å². The van der Waals surface area contributed by atoms with Crippen LogP contribution in [0.1, 0.15) is 27.7 Å². The van der Waals surface area contributed by atoms with Gasteiger partial charge < -0.3 is 15.4 Å². The number of hydrogen-bond donors (Lipinski definition) is 2. The standard InChI is InChI=1S/C10H20N2O3/c1-6-11-10(3,4)9(14)12-7(2)8(13)15-5/h7,11H,6H2,1-5H3,(H,12,14)/t7-/m0/s1. The minimum absolute atomic E-state index is 0.220. The number of carbonyl (C=O) groups is 2. The number of nitrogens with one attached hydrogen (secondary N) is 2. The summed E-state index contributed by atoms with van der Waals surface area (Å²) in [5, 5.41) is 5.60. The van der Waals surface area contributed by atoms with E-state index >= 15 is 0 Å². The highest BCUT2D eigenvalue weighted by Gasteiger charge is 2.28. The summed E-state index contributed by atoms with van der Waals surface area (Å²) in [5.74, 6) is -0.669. The molecule has 0 aliphatic heterocycles. The SMILES string of the molecule is CCNC(C)(C)C(=O)N[C@@H](C)C(=O)OC. The van der Waals surface area contributed by atoms with Crippen LogP contribution in [0.2, 0.25) is 0 Å². The van der Waals surface area contributed by atoms with Gasteiger partial charge in [-0.15, -0.1) is 0 Å². The maximum atomic E-state index is 11.7. The second kappa shape index (κ2) is 5.70. The van der Waals surface area contributed by atoms with Crippen molar-refractivity contribution >= 4 is 11.9 Å². The second-order valence-corrected chi connectivity index (χ2v) is 3.87. The van der Waals surface area contributed by atoms with E-state index in [-0.39, 0.29) is 5.91 Å². The van der Waals surface area contributed by atoms with Gasteiger partial charge in [0.25, 0.3) is 0 Å². The number of hydrogen-bond acceptors (Lipinski definition) is 4. The molecule has 0 aromatic heterocycles. The maximum absolute atomic E-state index is 11.7. The monoisotopic (exact) mass is 216 g/mol. The largest absolute Gasteiger partial charge is 0.467 e. The van der Waals surface area contributed by atoms with Crippen molar-refractivity contribution < 1.29 is 14.3 Å². The molecule has 0 aromatic rings. The number of carbonyl (C=O) groups excluding carboxylic acids is 2. The fourth-order valence-corrected chi connectivity index (χ4v) is 1.13. The first kappa shape index (κ1) is 13.9. The van der Waals surface area contributed by atoms with Crippen LogP contribution < -0.4 is 10.6 Å². The molecule has 0 aliphatic carbocycles. The Labute approximate surface area is 90.6 Å². The molecule has 5 heteroatoms. The lowest BCUT2D eigenvalue weighted by atomic mass is 10.0. The van der Waals surface area contributed by atoms with Gasteiger partial charge in [0, 0.05) is 0 Å². The van der Waals surface area contributed by atoms with E-state index in [4.69, 9.17) is 0 Å². The van der Waals surface area contributed by atoms with Crippen LogP contribution in [0.5, 0.6) is 0 Å².